The molecule has 1 unspecified atom stereocenters. The van der Waals surface area contributed by atoms with Gasteiger partial charge in [-0.05, 0) is 42.2 Å². The molecule has 1 aromatic heterocycles. The third-order valence-corrected chi connectivity index (χ3v) is 5.38. The van der Waals surface area contributed by atoms with Crippen molar-refractivity contribution < 1.29 is 4.39 Å². The van der Waals surface area contributed by atoms with Gasteiger partial charge in [-0.1, -0.05) is 30.3 Å². The maximum Gasteiger partial charge on any atom is 0.193 e. The molecule has 27 heavy (non-hydrogen) atoms. The summed E-state index contributed by atoms with van der Waals surface area (Å²) in [5.74, 6) is 1.31. The molecule has 5 heteroatoms. The minimum atomic E-state index is -0.212. The van der Waals surface area contributed by atoms with Crippen molar-refractivity contribution in [2.24, 2.45) is 4.99 Å². The first-order valence-electron chi connectivity index (χ1n) is 9.50. The summed E-state index contributed by atoms with van der Waals surface area (Å²) >= 11 is 0. The van der Waals surface area contributed by atoms with E-state index < -0.39 is 0 Å². The third kappa shape index (κ3) is 3.82. The van der Waals surface area contributed by atoms with Gasteiger partial charge in [-0.15, -0.1) is 0 Å². The molecule has 4 nitrogen and oxygen atoms in total. The van der Waals surface area contributed by atoms with Gasteiger partial charge in [0.2, 0.25) is 0 Å². The van der Waals surface area contributed by atoms with Crippen molar-refractivity contribution in [2.45, 2.75) is 18.8 Å². The maximum absolute atomic E-state index is 13.3. The van der Waals surface area contributed by atoms with Crippen molar-refractivity contribution >= 4 is 16.9 Å². The number of rotatable bonds is 4. The topological polar surface area (TPSA) is 43.4 Å². The zero-order valence-corrected chi connectivity index (χ0v) is 15.6. The fraction of sp³-hybridized carbons (Fsp3) is 0.318. The van der Waals surface area contributed by atoms with E-state index in [2.05, 4.69) is 50.5 Å². The Morgan fingerprint density at radius 1 is 1.26 bits per heavy atom. The van der Waals surface area contributed by atoms with Crippen LogP contribution in [-0.4, -0.2) is 42.5 Å². The SMILES string of the molecule is CN=C(NCCc1c[nH]c2cc(F)ccc12)N1CCC(c2ccccc2)C1. The van der Waals surface area contributed by atoms with Gasteiger partial charge in [-0.25, -0.2) is 4.39 Å². The number of benzene rings is 2. The minimum absolute atomic E-state index is 0.212. The third-order valence-electron chi connectivity index (χ3n) is 5.38. The van der Waals surface area contributed by atoms with E-state index in [9.17, 15) is 4.39 Å². The van der Waals surface area contributed by atoms with E-state index in [1.54, 1.807) is 6.07 Å². The normalized spacial score (nSPS) is 17.6. The summed E-state index contributed by atoms with van der Waals surface area (Å²) in [6.07, 6.45) is 3.98. The zero-order chi connectivity index (χ0) is 18.6. The van der Waals surface area contributed by atoms with Gasteiger partial charge in [0.05, 0.1) is 0 Å². The van der Waals surface area contributed by atoms with E-state index >= 15 is 0 Å². The highest BCUT2D eigenvalue weighted by molar-refractivity contribution is 5.83. The van der Waals surface area contributed by atoms with E-state index in [-0.39, 0.29) is 5.82 Å². The predicted molar refractivity (Wildman–Crippen MR) is 109 cm³/mol. The molecular formula is C22H25FN4. The van der Waals surface area contributed by atoms with Gasteiger partial charge in [0.1, 0.15) is 5.82 Å². The molecule has 4 rings (SSSR count). The number of aromatic nitrogens is 1. The number of aromatic amines is 1. The van der Waals surface area contributed by atoms with E-state index in [4.69, 9.17) is 0 Å². The summed E-state index contributed by atoms with van der Waals surface area (Å²) in [7, 11) is 1.84. The molecular weight excluding hydrogens is 339 g/mol. The second-order valence-electron chi connectivity index (χ2n) is 7.07. The number of halogens is 1. The Morgan fingerprint density at radius 3 is 2.93 bits per heavy atom. The van der Waals surface area contributed by atoms with E-state index in [1.807, 2.05) is 19.3 Å². The summed E-state index contributed by atoms with van der Waals surface area (Å²) in [4.78, 5) is 9.95. The van der Waals surface area contributed by atoms with Crippen LogP contribution in [0, 0.1) is 5.82 Å². The Kier molecular flexibility index (Phi) is 5.10. The standard InChI is InChI=1S/C22H25FN4/c1-24-22(27-12-10-18(15-27)16-5-3-2-4-6-16)25-11-9-17-14-26-21-13-19(23)7-8-20(17)21/h2-8,13-14,18,26H,9-12,15H2,1H3,(H,24,25). The van der Waals surface area contributed by atoms with Crippen LogP contribution in [0.5, 0.6) is 0 Å². The molecule has 0 bridgehead atoms. The first-order valence-corrected chi connectivity index (χ1v) is 9.50. The van der Waals surface area contributed by atoms with Gasteiger partial charge in [-0.3, -0.25) is 4.99 Å². The number of hydrogen-bond donors (Lipinski definition) is 2. The molecule has 1 aliphatic rings. The van der Waals surface area contributed by atoms with Crippen LogP contribution in [0.3, 0.4) is 0 Å². The molecule has 2 aromatic carbocycles. The van der Waals surface area contributed by atoms with Crippen LogP contribution in [0.4, 0.5) is 4.39 Å². The highest BCUT2D eigenvalue weighted by Gasteiger charge is 2.25. The molecule has 3 aromatic rings. The lowest BCUT2D eigenvalue weighted by Crippen LogP contribution is -2.40. The number of guanidine groups is 1. The van der Waals surface area contributed by atoms with Crippen LogP contribution in [0.1, 0.15) is 23.5 Å². The Hall–Kier alpha value is -2.82. The second-order valence-corrected chi connectivity index (χ2v) is 7.07. The van der Waals surface area contributed by atoms with Gasteiger partial charge in [-0.2, -0.15) is 0 Å². The molecule has 1 saturated heterocycles. The van der Waals surface area contributed by atoms with Crippen molar-refractivity contribution in [1.82, 2.24) is 15.2 Å². The van der Waals surface area contributed by atoms with Crippen molar-refractivity contribution in [2.75, 3.05) is 26.7 Å². The molecule has 0 aliphatic carbocycles. The lowest BCUT2D eigenvalue weighted by molar-refractivity contribution is 0.486. The average molecular weight is 364 g/mol. The molecule has 2 heterocycles. The van der Waals surface area contributed by atoms with E-state index in [0.29, 0.717) is 5.92 Å². The number of fused-ring (bicyclic) bond motifs is 1. The second kappa shape index (κ2) is 7.82. The Bertz CT molecular complexity index is 932. The Labute approximate surface area is 159 Å². The highest BCUT2D eigenvalue weighted by atomic mass is 19.1. The average Bonchev–Trinajstić information content (AvgIpc) is 3.33. The lowest BCUT2D eigenvalue weighted by Gasteiger charge is -2.21. The van der Waals surface area contributed by atoms with Crippen molar-refractivity contribution in [1.29, 1.82) is 0 Å². The molecule has 0 spiro atoms. The largest absolute Gasteiger partial charge is 0.361 e. The number of hydrogen-bond acceptors (Lipinski definition) is 1. The summed E-state index contributed by atoms with van der Waals surface area (Å²) < 4.78 is 13.3. The van der Waals surface area contributed by atoms with Crippen LogP contribution < -0.4 is 5.32 Å². The monoisotopic (exact) mass is 364 g/mol. The molecule has 2 N–H and O–H groups in total. The zero-order valence-electron chi connectivity index (χ0n) is 15.6. The summed E-state index contributed by atoms with van der Waals surface area (Å²) in [5.41, 5.74) is 3.44. The maximum atomic E-state index is 13.3. The number of H-pyrrole nitrogens is 1. The highest BCUT2D eigenvalue weighted by Crippen LogP contribution is 2.27. The molecule has 1 aliphatic heterocycles. The smallest absolute Gasteiger partial charge is 0.193 e. The summed E-state index contributed by atoms with van der Waals surface area (Å²) in [5, 5.41) is 4.57. The van der Waals surface area contributed by atoms with Gasteiger partial charge >= 0.3 is 0 Å². The first-order chi connectivity index (χ1) is 13.2. The van der Waals surface area contributed by atoms with Crippen molar-refractivity contribution in [3.05, 3.63) is 71.7 Å². The molecule has 0 amide bonds. The fourth-order valence-corrected chi connectivity index (χ4v) is 3.96. The Morgan fingerprint density at radius 2 is 2.11 bits per heavy atom. The summed E-state index contributed by atoms with van der Waals surface area (Å²) in [6, 6.07) is 15.6. The van der Waals surface area contributed by atoms with Gasteiger partial charge in [0, 0.05) is 49.7 Å². The van der Waals surface area contributed by atoms with Gasteiger partial charge in [0.25, 0.3) is 0 Å². The summed E-state index contributed by atoms with van der Waals surface area (Å²) in [6.45, 7) is 2.81. The van der Waals surface area contributed by atoms with Crippen LogP contribution in [0.2, 0.25) is 0 Å². The van der Waals surface area contributed by atoms with Gasteiger partial charge < -0.3 is 15.2 Å². The predicted octanol–water partition coefficient (Wildman–Crippen LogP) is 3.91. The Balaban J connectivity index is 1.34. The van der Waals surface area contributed by atoms with Crippen LogP contribution in [-0.2, 0) is 6.42 Å². The number of likely N-dealkylation sites (tertiary alicyclic amines) is 1. The number of nitrogens with zero attached hydrogens (tertiary/aromatic N) is 2. The molecule has 1 atom stereocenters. The molecule has 140 valence electrons. The molecule has 0 radical (unpaired) electrons. The van der Waals surface area contributed by atoms with Crippen molar-refractivity contribution in [3.8, 4) is 0 Å². The fourth-order valence-electron chi connectivity index (χ4n) is 3.96. The molecule has 1 fully saturated rings. The lowest BCUT2D eigenvalue weighted by atomic mass is 9.99. The van der Waals surface area contributed by atoms with E-state index in [0.717, 1.165) is 49.3 Å². The first kappa shape index (κ1) is 17.6. The van der Waals surface area contributed by atoms with Gasteiger partial charge in [0.15, 0.2) is 5.96 Å². The minimum Gasteiger partial charge on any atom is -0.361 e. The molecule has 0 saturated carbocycles. The van der Waals surface area contributed by atoms with Crippen molar-refractivity contribution in [3.63, 3.8) is 0 Å². The number of aliphatic imine (C=N–C) groups is 1. The van der Waals surface area contributed by atoms with Crippen LogP contribution >= 0.6 is 0 Å². The van der Waals surface area contributed by atoms with E-state index in [1.165, 1.54) is 17.2 Å². The van der Waals surface area contributed by atoms with Crippen LogP contribution in [0.25, 0.3) is 10.9 Å². The number of nitrogens with one attached hydrogen (secondary N) is 2. The quantitative estimate of drug-likeness (QED) is 0.544. The van der Waals surface area contributed by atoms with Crippen LogP contribution in [0.15, 0.2) is 59.7 Å².